The van der Waals surface area contributed by atoms with Crippen LogP contribution < -0.4 is 10.6 Å². The van der Waals surface area contributed by atoms with Gasteiger partial charge in [0, 0.05) is 12.6 Å². The molecule has 0 aliphatic rings. The molecule has 0 aromatic carbocycles. The highest BCUT2D eigenvalue weighted by atomic mass is 16.3. The molecule has 0 radical (unpaired) electrons. The molecule has 0 bridgehead atoms. The molecule has 0 fully saturated rings. The van der Waals surface area contributed by atoms with E-state index in [4.69, 9.17) is 16.2 Å². The van der Waals surface area contributed by atoms with E-state index in [1.165, 1.54) is 0 Å². The van der Waals surface area contributed by atoms with E-state index in [0.717, 1.165) is 5.69 Å². The topological polar surface area (TPSA) is 86.2 Å². The molecule has 0 saturated heterocycles. The first-order valence-corrected chi connectivity index (χ1v) is 5.24. The van der Waals surface area contributed by atoms with Crippen molar-refractivity contribution in [1.82, 2.24) is 4.98 Å². The summed E-state index contributed by atoms with van der Waals surface area (Å²) in [6, 6.07) is 3.86. The molecule has 0 amide bonds. The molecule has 1 aromatic heterocycles. The number of nitrogens with two attached hydrogens (primary N) is 1. The largest absolute Gasteiger partial charge is 0.395 e. The monoisotopic (exact) mass is 222 g/mol. The van der Waals surface area contributed by atoms with Crippen molar-refractivity contribution in [3.05, 3.63) is 24.0 Å². The van der Waals surface area contributed by atoms with Crippen LogP contribution >= 0.6 is 0 Å². The molecule has 0 unspecified atom stereocenters. The van der Waals surface area contributed by atoms with Crippen LogP contribution in [0.25, 0.3) is 0 Å². The summed E-state index contributed by atoms with van der Waals surface area (Å²) in [5.74, 6) is -0.0372. The normalized spacial score (nSPS) is 10.5. The Morgan fingerprint density at radius 2 is 2.25 bits per heavy atom. The first-order valence-electron chi connectivity index (χ1n) is 5.24. The number of nitrogens with zero attached hydrogens (tertiary/aromatic N) is 2. The van der Waals surface area contributed by atoms with E-state index in [1.807, 2.05) is 11.0 Å². The molecule has 1 rings (SSSR count). The Hall–Kier alpha value is -1.62. The van der Waals surface area contributed by atoms with E-state index < -0.39 is 0 Å². The van der Waals surface area contributed by atoms with Gasteiger partial charge in [0.15, 0.2) is 0 Å². The quantitative estimate of drug-likeness (QED) is 0.502. The van der Waals surface area contributed by atoms with E-state index in [9.17, 15) is 0 Å². The first kappa shape index (κ1) is 12.4. The van der Waals surface area contributed by atoms with Crippen molar-refractivity contribution < 1.29 is 5.11 Å². The maximum Gasteiger partial charge on any atom is 0.141 e. The second-order valence-corrected chi connectivity index (χ2v) is 3.83. The Morgan fingerprint density at radius 1 is 1.56 bits per heavy atom. The van der Waals surface area contributed by atoms with Gasteiger partial charge < -0.3 is 15.7 Å². The lowest BCUT2D eigenvalue weighted by atomic mass is 10.2. The van der Waals surface area contributed by atoms with E-state index in [1.54, 1.807) is 12.3 Å². The highest BCUT2D eigenvalue weighted by molar-refractivity contribution is 5.93. The van der Waals surface area contributed by atoms with Gasteiger partial charge in [-0.3, -0.25) is 10.4 Å². The van der Waals surface area contributed by atoms with Crippen molar-refractivity contribution in [2.75, 3.05) is 18.1 Å². The smallest absolute Gasteiger partial charge is 0.141 e. The third kappa shape index (κ3) is 2.93. The van der Waals surface area contributed by atoms with Gasteiger partial charge in [0.2, 0.25) is 0 Å². The van der Waals surface area contributed by atoms with Gasteiger partial charge in [-0.25, -0.2) is 0 Å². The van der Waals surface area contributed by atoms with Crippen LogP contribution in [0.2, 0.25) is 0 Å². The lowest BCUT2D eigenvalue weighted by molar-refractivity contribution is 0.299. The summed E-state index contributed by atoms with van der Waals surface area (Å²) in [7, 11) is 0. The number of aliphatic hydroxyl groups excluding tert-OH is 1. The van der Waals surface area contributed by atoms with Crippen molar-refractivity contribution in [3.8, 4) is 0 Å². The third-order valence-electron chi connectivity index (χ3n) is 2.32. The summed E-state index contributed by atoms with van der Waals surface area (Å²) in [5.41, 5.74) is 6.72. The Labute approximate surface area is 95.4 Å². The summed E-state index contributed by atoms with van der Waals surface area (Å²) in [5, 5.41) is 16.2. The zero-order valence-corrected chi connectivity index (χ0v) is 9.64. The van der Waals surface area contributed by atoms with Crippen molar-refractivity contribution >= 4 is 11.5 Å². The maximum atomic E-state index is 8.97. The fourth-order valence-electron chi connectivity index (χ4n) is 1.51. The molecular weight excluding hydrogens is 204 g/mol. The molecule has 1 aromatic rings. The lowest BCUT2D eigenvalue weighted by Gasteiger charge is -2.27. The number of amidine groups is 1. The van der Waals surface area contributed by atoms with Gasteiger partial charge in [-0.2, -0.15) is 0 Å². The van der Waals surface area contributed by atoms with E-state index in [0.29, 0.717) is 12.2 Å². The predicted molar refractivity (Wildman–Crippen MR) is 64.8 cm³/mol. The van der Waals surface area contributed by atoms with Gasteiger partial charge in [0.1, 0.15) is 11.5 Å². The van der Waals surface area contributed by atoms with Crippen molar-refractivity contribution in [1.29, 1.82) is 5.41 Å². The van der Waals surface area contributed by atoms with Crippen molar-refractivity contribution in [3.63, 3.8) is 0 Å². The predicted octanol–water partition coefficient (Wildman–Crippen LogP) is 0.573. The van der Waals surface area contributed by atoms with Crippen molar-refractivity contribution in [2.24, 2.45) is 5.73 Å². The number of rotatable bonds is 5. The Morgan fingerprint density at radius 3 is 2.62 bits per heavy atom. The molecule has 0 spiro atoms. The molecule has 4 N–H and O–H groups in total. The van der Waals surface area contributed by atoms with Crippen LogP contribution in [0.15, 0.2) is 18.3 Å². The van der Waals surface area contributed by atoms with Gasteiger partial charge >= 0.3 is 0 Å². The lowest BCUT2D eigenvalue weighted by Crippen LogP contribution is -2.33. The van der Waals surface area contributed by atoms with Crippen LogP contribution in [0, 0.1) is 5.41 Å². The summed E-state index contributed by atoms with van der Waals surface area (Å²) < 4.78 is 0. The Balaban J connectivity index is 2.89. The minimum absolute atomic E-state index is 0.0372. The fraction of sp³-hybridized carbons (Fsp3) is 0.455. The average Bonchev–Trinajstić information content (AvgIpc) is 2.25. The minimum Gasteiger partial charge on any atom is -0.395 e. The first-order chi connectivity index (χ1) is 7.56. The summed E-state index contributed by atoms with van der Waals surface area (Å²) in [6.07, 6.45) is 1.67. The van der Waals surface area contributed by atoms with Crippen molar-refractivity contribution in [2.45, 2.75) is 19.9 Å². The molecule has 0 atom stereocenters. The van der Waals surface area contributed by atoms with Crippen LogP contribution in [-0.2, 0) is 0 Å². The molecule has 16 heavy (non-hydrogen) atoms. The minimum atomic E-state index is -0.0372. The number of nitrogens with one attached hydrogen (secondary N) is 1. The Bertz CT molecular complexity index is 348. The van der Waals surface area contributed by atoms with E-state index in [-0.39, 0.29) is 18.5 Å². The number of aliphatic hydroxyl groups is 1. The van der Waals surface area contributed by atoms with Gasteiger partial charge in [-0.05, 0) is 26.0 Å². The van der Waals surface area contributed by atoms with Gasteiger partial charge in [-0.15, -0.1) is 0 Å². The SMILES string of the molecule is CC(C)N(CCO)c1ccc(C(=N)N)nc1. The second-order valence-electron chi connectivity index (χ2n) is 3.83. The summed E-state index contributed by atoms with van der Waals surface area (Å²) in [6.45, 7) is 4.77. The van der Waals surface area contributed by atoms with Crippen LogP contribution in [0.3, 0.4) is 0 Å². The zero-order chi connectivity index (χ0) is 12.1. The third-order valence-corrected chi connectivity index (χ3v) is 2.32. The summed E-state index contributed by atoms with van der Waals surface area (Å²) in [4.78, 5) is 6.13. The summed E-state index contributed by atoms with van der Waals surface area (Å²) >= 11 is 0. The van der Waals surface area contributed by atoms with Crippen LogP contribution in [0.1, 0.15) is 19.5 Å². The average molecular weight is 222 g/mol. The molecule has 0 aliphatic heterocycles. The molecule has 1 heterocycles. The number of anilines is 1. The number of aromatic nitrogens is 1. The Kier molecular flexibility index (Phi) is 4.25. The van der Waals surface area contributed by atoms with E-state index >= 15 is 0 Å². The molecule has 5 heteroatoms. The standard InChI is InChI=1S/C11H18N4O/c1-8(2)15(5-6-16)9-3-4-10(11(12)13)14-7-9/h3-4,7-8,16H,5-6H2,1-2H3,(H3,12,13). The van der Waals surface area contributed by atoms with Crippen LogP contribution in [0.4, 0.5) is 5.69 Å². The molecule has 88 valence electrons. The van der Waals surface area contributed by atoms with Gasteiger partial charge in [0.25, 0.3) is 0 Å². The highest BCUT2D eigenvalue weighted by Gasteiger charge is 2.10. The highest BCUT2D eigenvalue weighted by Crippen LogP contribution is 2.15. The molecule has 0 aliphatic carbocycles. The number of nitrogen functional groups attached to an aromatic ring is 1. The number of hydrogen-bond donors (Lipinski definition) is 3. The van der Waals surface area contributed by atoms with Crippen LogP contribution in [-0.4, -0.2) is 35.1 Å². The molecule has 5 nitrogen and oxygen atoms in total. The van der Waals surface area contributed by atoms with Gasteiger partial charge in [0.05, 0.1) is 18.5 Å². The van der Waals surface area contributed by atoms with E-state index in [2.05, 4.69) is 18.8 Å². The fourth-order valence-corrected chi connectivity index (χ4v) is 1.51. The zero-order valence-electron chi connectivity index (χ0n) is 9.64. The molecular formula is C11H18N4O. The van der Waals surface area contributed by atoms with Crippen LogP contribution in [0.5, 0.6) is 0 Å². The molecule has 0 saturated carbocycles. The second kappa shape index (κ2) is 5.46. The van der Waals surface area contributed by atoms with Gasteiger partial charge in [-0.1, -0.05) is 0 Å². The number of pyridine rings is 1. The number of hydrogen-bond acceptors (Lipinski definition) is 4. The maximum absolute atomic E-state index is 8.97.